The number of unbranched alkanes of at least 4 members (excludes halogenated alkanes) is 15. The van der Waals surface area contributed by atoms with Gasteiger partial charge in [-0.25, -0.2) is 4.79 Å². The molecule has 206 valence electrons. The van der Waals surface area contributed by atoms with Gasteiger partial charge in [0.1, 0.15) is 5.60 Å². The quantitative estimate of drug-likeness (QED) is 0.162. The van der Waals surface area contributed by atoms with Crippen LogP contribution in [-0.4, -0.2) is 37.6 Å². The number of carbonyl (C=O) groups excluding carboxylic acids is 1. The van der Waals surface area contributed by atoms with E-state index in [4.69, 9.17) is 14.2 Å². The maximum absolute atomic E-state index is 12.2. The lowest BCUT2D eigenvalue weighted by Gasteiger charge is -2.45. The fraction of sp³-hybridized carbons (Fsp3) is 0.774. The van der Waals surface area contributed by atoms with Crippen molar-refractivity contribution >= 4 is 6.09 Å². The molecule has 1 aliphatic heterocycles. The van der Waals surface area contributed by atoms with Gasteiger partial charge in [0.2, 0.25) is 0 Å². The van der Waals surface area contributed by atoms with E-state index >= 15 is 0 Å². The minimum Gasteiger partial charge on any atom is -0.441 e. The molecular formula is C31H53NO4. The van der Waals surface area contributed by atoms with Gasteiger partial charge in [0.15, 0.2) is 6.10 Å². The summed E-state index contributed by atoms with van der Waals surface area (Å²) in [6, 6.07) is 10.0. The van der Waals surface area contributed by atoms with Gasteiger partial charge in [-0.1, -0.05) is 134 Å². The van der Waals surface area contributed by atoms with Gasteiger partial charge in [0.05, 0.1) is 19.8 Å². The molecule has 0 aromatic heterocycles. The smallest absolute Gasteiger partial charge is 0.407 e. The van der Waals surface area contributed by atoms with Gasteiger partial charge < -0.3 is 19.5 Å². The standard InChI is InChI=1S/C31H53NO4/c1-3-4-5-6-7-8-9-10-11-12-13-14-15-16-17-21-24-32-30(33)36-29-26-35-31(29,2)27-34-25-28-22-19-18-20-23-28/h18-20,22-23,29H,3-17,21,24-27H2,1-2H3,(H,32,33). The third-order valence-electron chi connectivity index (χ3n) is 7.29. The average Bonchev–Trinajstić information content (AvgIpc) is 2.89. The summed E-state index contributed by atoms with van der Waals surface area (Å²) in [7, 11) is 0. The maximum atomic E-state index is 12.2. The molecule has 1 N–H and O–H groups in total. The van der Waals surface area contributed by atoms with Crippen molar-refractivity contribution in [3.8, 4) is 0 Å². The number of amides is 1. The molecule has 0 spiro atoms. The normalized spacial score (nSPS) is 19.1. The van der Waals surface area contributed by atoms with Crippen LogP contribution >= 0.6 is 0 Å². The third kappa shape index (κ3) is 13.6. The minimum atomic E-state index is -0.569. The molecule has 0 bridgehead atoms. The molecule has 5 heteroatoms. The van der Waals surface area contributed by atoms with Crippen LogP contribution in [0.4, 0.5) is 4.79 Å². The first-order valence-electron chi connectivity index (χ1n) is 14.8. The van der Waals surface area contributed by atoms with Crippen molar-refractivity contribution in [2.75, 3.05) is 19.8 Å². The summed E-state index contributed by atoms with van der Waals surface area (Å²) < 4.78 is 17.1. The number of hydrogen-bond acceptors (Lipinski definition) is 4. The predicted molar refractivity (Wildman–Crippen MR) is 148 cm³/mol. The van der Waals surface area contributed by atoms with Crippen LogP contribution in [0.25, 0.3) is 0 Å². The molecular weight excluding hydrogens is 450 g/mol. The molecule has 1 fully saturated rings. The zero-order valence-corrected chi connectivity index (χ0v) is 23.2. The summed E-state index contributed by atoms with van der Waals surface area (Å²) in [5, 5.41) is 2.89. The van der Waals surface area contributed by atoms with Crippen molar-refractivity contribution in [2.45, 2.75) is 135 Å². The Labute approximate surface area is 221 Å². The number of ether oxygens (including phenoxy) is 3. The van der Waals surface area contributed by atoms with Crippen LogP contribution in [-0.2, 0) is 20.8 Å². The SMILES string of the molecule is CCCCCCCCCCCCCCCCCCNC(=O)OC1COC1(C)COCc1ccccc1. The van der Waals surface area contributed by atoms with Crippen LogP contribution in [0.15, 0.2) is 30.3 Å². The van der Waals surface area contributed by atoms with E-state index in [0.717, 1.165) is 18.4 Å². The predicted octanol–water partition coefficient (Wildman–Crippen LogP) is 8.35. The summed E-state index contributed by atoms with van der Waals surface area (Å²) in [4.78, 5) is 12.2. The van der Waals surface area contributed by atoms with Crippen LogP contribution in [0.5, 0.6) is 0 Å². The molecule has 0 aliphatic carbocycles. The highest BCUT2D eigenvalue weighted by atomic mass is 16.6. The number of hydrogen-bond donors (Lipinski definition) is 1. The van der Waals surface area contributed by atoms with E-state index in [1.54, 1.807) is 0 Å². The molecule has 1 saturated heterocycles. The Morgan fingerprint density at radius 2 is 1.39 bits per heavy atom. The fourth-order valence-corrected chi connectivity index (χ4v) is 4.71. The van der Waals surface area contributed by atoms with Gasteiger partial charge in [-0.3, -0.25) is 0 Å². The van der Waals surface area contributed by atoms with E-state index in [2.05, 4.69) is 12.2 Å². The molecule has 36 heavy (non-hydrogen) atoms. The second-order valence-corrected chi connectivity index (χ2v) is 10.7. The van der Waals surface area contributed by atoms with E-state index in [1.807, 2.05) is 37.3 Å². The molecule has 1 aliphatic rings. The summed E-state index contributed by atoms with van der Waals surface area (Å²) in [5.74, 6) is 0. The van der Waals surface area contributed by atoms with Gasteiger partial charge in [-0.05, 0) is 18.9 Å². The van der Waals surface area contributed by atoms with Crippen molar-refractivity contribution in [1.29, 1.82) is 0 Å². The van der Waals surface area contributed by atoms with Crippen LogP contribution in [0.1, 0.15) is 122 Å². The number of rotatable bonds is 22. The Kier molecular flexibility index (Phi) is 16.6. The molecule has 0 radical (unpaired) electrons. The first kappa shape index (κ1) is 30.6. The lowest BCUT2D eigenvalue weighted by molar-refractivity contribution is -0.249. The monoisotopic (exact) mass is 503 g/mol. The van der Waals surface area contributed by atoms with Gasteiger partial charge in [0, 0.05) is 6.54 Å². The maximum Gasteiger partial charge on any atom is 0.407 e. The number of benzene rings is 1. The highest BCUT2D eigenvalue weighted by molar-refractivity contribution is 5.67. The van der Waals surface area contributed by atoms with Crippen molar-refractivity contribution in [2.24, 2.45) is 0 Å². The van der Waals surface area contributed by atoms with Crippen molar-refractivity contribution < 1.29 is 19.0 Å². The molecule has 2 rings (SSSR count). The van der Waals surface area contributed by atoms with Gasteiger partial charge in [0.25, 0.3) is 0 Å². The molecule has 5 nitrogen and oxygen atoms in total. The van der Waals surface area contributed by atoms with E-state index < -0.39 is 5.60 Å². The summed E-state index contributed by atoms with van der Waals surface area (Å²) >= 11 is 0. The van der Waals surface area contributed by atoms with Crippen LogP contribution in [0.2, 0.25) is 0 Å². The van der Waals surface area contributed by atoms with Crippen molar-refractivity contribution in [3.63, 3.8) is 0 Å². The largest absolute Gasteiger partial charge is 0.441 e. The number of carbonyl (C=O) groups is 1. The van der Waals surface area contributed by atoms with Crippen molar-refractivity contribution in [3.05, 3.63) is 35.9 Å². The number of nitrogens with one attached hydrogen (secondary N) is 1. The Hall–Kier alpha value is -1.59. The Balaban J connectivity index is 1.35. The highest BCUT2D eigenvalue weighted by Gasteiger charge is 2.47. The van der Waals surface area contributed by atoms with E-state index in [0.29, 0.717) is 26.4 Å². The first-order chi connectivity index (χ1) is 17.6. The Morgan fingerprint density at radius 1 is 0.861 bits per heavy atom. The third-order valence-corrected chi connectivity index (χ3v) is 7.29. The first-order valence-corrected chi connectivity index (χ1v) is 14.8. The van der Waals surface area contributed by atoms with Gasteiger partial charge in [-0.2, -0.15) is 0 Å². The van der Waals surface area contributed by atoms with Crippen molar-refractivity contribution in [1.82, 2.24) is 5.32 Å². The number of alkyl carbamates (subject to hydrolysis) is 1. The fourth-order valence-electron chi connectivity index (χ4n) is 4.71. The topological polar surface area (TPSA) is 56.8 Å². The van der Waals surface area contributed by atoms with Gasteiger partial charge in [-0.15, -0.1) is 0 Å². The molecule has 1 aromatic carbocycles. The summed E-state index contributed by atoms with van der Waals surface area (Å²) in [6.07, 6.45) is 21.0. The molecule has 1 heterocycles. The lowest BCUT2D eigenvalue weighted by atomic mass is 9.95. The average molecular weight is 504 g/mol. The summed E-state index contributed by atoms with van der Waals surface area (Å²) in [6.45, 7) is 6.25. The van der Waals surface area contributed by atoms with E-state index in [9.17, 15) is 4.79 Å². The summed E-state index contributed by atoms with van der Waals surface area (Å²) in [5.41, 5.74) is 0.551. The lowest BCUT2D eigenvalue weighted by Crippen LogP contribution is -2.61. The van der Waals surface area contributed by atoms with E-state index in [1.165, 1.54) is 89.9 Å². The van der Waals surface area contributed by atoms with Crippen LogP contribution in [0.3, 0.4) is 0 Å². The highest BCUT2D eigenvalue weighted by Crippen LogP contribution is 2.30. The second kappa shape index (κ2) is 19.5. The molecule has 0 saturated carbocycles. The van der Waals surface area contributed by atoms with Gasteiger partial charge >= 0.3 is 6.09 Å². The minimum absolute atomic E-state index is 0.265. The molecule has 2 atom stereocenters. The van der Waals surface area contributed by atoms with Crippen LogP contribution < -0.4 is 5.32 Å². The molecule has 1 amide bonds. The Bertz CT molecular complexity index is 668. The second-order valence-electron chi connectivity index (χ2n) is 10.7. The molecule has 2 unspecified atom stereocenters. The van der Waals surface area contributed by atoms with Crippen LogP contribution in [0, 0.1) is 0 Å². The zero-order chi connectivity index (χ0) is 25.7. The Morgan fingerprint density at radius 3 is 1.89 bits per heavy atom. The zero-order valence-electron chi connectivity index (χ0n) is 23.2. The molecule has 1 aromatic rings. The van der Waals surface area contributed by atoms with E-state index in [-0.39, 0.29) is 12.2 Å².